The minimum Gasteiger partial charge on any atom is -0.383 e. The van der Waals surface area contributed by atoms with Gasteiger partial charge in [-0.25, -0.2) is 0 Å². The number of methoxy groups -OCH3 is 1. The number of aryl methyl sites for hydroxylation is 1. The summed E-state index contributed by atoms with van der Waals surface area (Å²) in [4.78, 5) is 11.5. The first kappa shape index (κ1) is 12.7. The molecule has 0 unspecified atom stereocenters. The van der Waals surface area contributed by atoms with Crippen molar-refractivity contribution in [3.05, 3.63) is 35.9 Å². The van der Waals surface area contributed by atoms with Crippen molar-refractivity contribution in [1.29, 1.82) is 0 Å². The third-order valence-electron chi connectivity index (χ3n) is 2.31. The predicted molar refractivity (Wildman–Crippen MR) is 64.2 cm³/mol. The van der Waals surface area contributed by atoms with Crippen LogP contribution in [0.5, 0.6) is 0 Å². The molecule has 1 N–H and O–H groups in total. The molecule has 0 bridgehead atoms. The molecule has 1 atom stereocenters. The van der Waals surface area contributed by atoms with Crippen molar-refractivity contribution in [3.8, 4) is 0 Å². The zero-order chi connectivity index (χ0) is 11.8. The van der Waals surface area contributed by atoms with Crippen LogP contribution in [0.2, 0.25) is 0 Å². The fraction of sp³-hybridized carbons (Fsp3) is 0.462. The highest BCUT2D eigenvalue weighted by Crippen LogP contribution is 2.02. The van der Waals surface area contributed by atoms with E-state index in [9.17, 15) is 4.79 Å². The van der Waals surface area contributed by atoms with E-state index in [0.717, 1.165) is 6.42 Å². The van der Waals surface area contributed by atoms with Gasteiger partial charge >= 0.3 is 0 Å². The molecule has 0 saturated heterocycles. The maximum atomic E-state index is 11.5. The topological polar surface area (TPSA) is 38.3 Å². The number of hydrogen-bond acceptors (Lipinski definition) is 2. The van der Waals surface area contributed by atoms with Gasteiger partial charge in [0, 0.05) is 19.6 Å². The molecule has 0 aliphatic heterocycles. The molecule has 1 amide bonds. The molecule has 0 aromatic heterocycles. The van der Waals surface area contributed by atoms with E-state index in [1.54, 1.807) is 7.11 Å². The van der Waals surface area contributed by atoms with Crippen LogP contribution in [0, 0.1) is 0 Å². The molecule has 0 aliphatic carbocycles. The molecule has 3 heteroatoms. The van der Waals surface area contributed by atoms with Crippen molar-refractivity contribution in [3.63, 3.8) is 0 Å². The average Bonchev–Trinajstić information content (AvgIpc) is 2.28. The van der Waals surface area contributed by atoms with Gasteiger partial charge in [0.1, 0.15) is 0 Å². The number of hydrogen-bond donors (Lipinski definition) is 1. The van der Waals surface area contributed by atoms with Crippen LogP contribution in [-0.2, 0) is 16.0 Å². The number of carbonyl (C=O) groups excluding carboxylic acids is 1. The molecule has 3 nitrogen and oxygen atoms in total. The van der Waals surface area contributed by atoms with Gasteiger partial charge in [-0.05, 0) is 18.9 Å². The second-order valence-corrected chi connectivity index (χ2v) is 3.91. The highest BCUT2D eigenvalue weighted by molar-refractivity contribution is 5.76. The zero-order valence-corrected chi connectivity index (χ0v) is 9.90. The van der Waals surface area contributed by atoms with Gasteiger partial charge < -0.3 is 10.1 Å². The summed E-state index contributed by atoms with van der Waals surface area (Å²) in [7, 11) is 1.63. The van der Waals surface area contributed by atoms with E-state index in [1.807, 2.05) is 37.3 Å². The molecule has 0 spiro atoms. The van der Waals surface area contributed by atoms with Crippen LogP contribution in [0.4, 0.5) is 0 Å². The maximum absolute atomic E-state index is 11.5. The van der Waals surface area contributed by atoms with Crippen LogP contribution >= 0.6 is 0 Å². The van der Waals surface area contributed by atoms with Crippen molar-refractivity contribution in [2.75, 3.05) is 13.7 Å². The molecule has 1 aromatic rings. The lowest BCUT2D eigenvalue weighted by molar-refractivity contribution is -0.122. The lowest BCUT2D eigenvalue weighted by atomic mass is 10.1. The van der Waals surface area contributed by atoms with Crippen LogP contribution < -0.4 is 5.32 Å². The van der Waals surface area contributed by atoms with Gasteiger partial charge in [0.25, 0.3) is 0 Å². The van der Waals surface area contributed by atoms with E-state index in [-0.39, 0.29) is 11.9 Å². The molecule has 0 radical (unpaired) electrons. The third kappa shape index (κ3) is 4.94. The predicted octanol–water partition coefficient (Wildman–Crippen LogP) is 1.77. The molecular formula is C13H19NO2. The van der Waals surface area contributed by atoms with Gasteiger partial charge in [0.05, 0.1) is 6.61 Å². The van der Waals surface area contributed by atoms with E-state index < -0.39 is 0 Å². The Morgan fingerprint density at radius 3 is 2.69 bits per heavy atom. The lowest BCUT2D eigenvalue weighted by Gasteiger charge is -2.12. The van der Waals surface area contributed by atoms with Crippen LogP contribution in [0.15, 0.2) is 30.3 Å². The van der Waals surface area contributed by atoms with Gasteiger partial charge in [-0.1, -0.05) is 30.3 Å². The Morgan fingerprint density at radius 2 is 2.06 bits per heavy atom. The van der Waals surface area contributed by atoms with Crippen LogP contribution in [0.1, 0.15) is 18.9 Å². The quantitative estimate of drug-likeness (QED) is 0.795. The first-order chi connectivity index (χ1) is 7.72. The van der Waals surface area contributed by atoms with E-state index in [4.69, 9.17) is 4.74 Å². The van der Waals surface area contributed by atoms with E-state index in [0.29, 0.717) is 13.0 Å². The third-order valence-corrected chi connectivity index (χ3v) is 2.31. The fourth-order valence-corrected chi connectivity index (χ4v) is 1.54. The summed E-state index contributed by atoms with van der Waals surface area (Å²) in [6.07, 6.45) is 1.31. The Balaban J connectivity index is 2.25. The molecule has 0 saturated carbocycles. The van der Waals surface area contributed by atoms with E-state index in [2.05, 4.69) is 5.32 Å². The summed E-state index contributed by atoms with van der Waals surface area (Å²) >= 11 is 0. The SMILES string of the molecule is COC[C@H](C)NC(=O)CCc1ccccc1. The minimum atomic E-state index is 0.0771. The summed E-state index contributed by atoms with van der Waals surface area (Å²) in [5, 5.41) is 2.89. The molecule has 88 valence electrons. The van der Waals surface area contributed by atoms with Crippen molar-refractivity contribution in [2.24, 2.45) is 0 Å². The maximum Gasteiger partial charge on any atom is 0.220 e. The Hall–Kier alpha value is -1.35. The standard InChI is InChI=1S/C13H19NO2/c1-11(10-16-2)14-13(15)9-8-12-6-4-3-5-7-12/h3-7,11H,8-10H2,1-2H3,(H,14,15)/t11-/m0/s1. The zero-order valence-electron chi connectivity index (χ0n) is 9.90. The lowest BCUT2D eigenvalue weighted by Crippen LogP contribution is -2.35. The van der Waals surface area contributed by atoms with Crippen molar-refractivity contribution < 1.29 is 9.53 Å². The number of ether oxygens (including phenoxy) is 1. The molecule has 1 aromatic carbocycles. The van der Waals surface area contributed by atoms with Gasteiger partial charge in [-0.2, -0.15) is 0 Å². The molecule has 16 heavy (non-hydrogen) atoms. The summed E-state index contributed by atoms with van der Waals surface area (Å²) in [6, 6.07) is 10.1. The van der Waals surface area contributed by atoms with E-state index >= 15 is 0 Å². The molecular weight excluding hydrogens is 202 g/mol. The highest BCUT2D eigenvalue weighted by Gasteiger charge is 2.06. The molecule has 0 heterocycles. The van der Waals surface area contributed by atoms with Crippen molar-refractivity contribution in [1.82, 2.24) is 5.32 Å². The fourth-order valence-electron chi connectivity index (χ4n) is 1.54. The highest BCUT2D eigenvalue weighted by atomic mass is 16.5. The number of nitrogens with one attached hydrogen (secondary N) is 1. The monoisotopic (exact) mass is 221 g/mol. The number of carbonyl (C=O) groups is 1. The Labute approximate surface area is 96.8 Å². The minimum absolute atomic E-state index is 0.0771. The van der Waals surface area contributed by atoms with Gasteiger partial charge in [-0.15, -0.1) is 0 Å². The first-order valence-corrected chi connectivity index (χ1v) is 5.54. The van der Waals surface area contributed by atoms with Crippen molar-refractivity contribution in [2.45, 2.75) is 25.8 Å². The van der Waals surface area contributed by atoms with Gasteiger partial charge in [0.2, 0.25) is 5.91 Å². The van der Waals surface area contributed by atoms with Crippen LogP contribution in [0.25, 0.3) is 0 Å². The van der Waals surface area contributed by atoms with E-state index in [1.165, 1.54) is 5.56 Å². The summed E-state index contributed by atoms with van der Waals surface area (Å²) < 4.78 is 4.95. The molecule has 0 aliphatic rings. The van der Waals surface area contributed by atoms with Crippen molar-refractivity contribution >= 4 is 5.91 Å². The van der Waals surface area contributed by atoms with Crippen LogP contribution in [0.3, 0.4) is 0 Å². The molecule has 1 rings (SSSR count). The Morgan fingerprint density at radius 1 is 1.38 bits per heavy atom. The number of benzene rings is 1. The normalized spacial score (nSPS) is 12.1. The Kier molecular flexibility index (Phi) is 5.57. The van der Waals surface area contributed by atoms with Crippen LogP contribution in [-0.4, -0.2) is 25.7 Å². The van der Waals surface area contributed by atoms with Gasteiger partial charge in [-0.3, -0.25) is 4.79 Å². The molecule has 0 fully saturated rings. The average molecular weight is 221 g/mol. The second kappa shape index (κ2) is 7.01. The first-order valence-electron chi connectivity index (χ1n) is 5.54. The smallest absolute Gasteiger partial charge is 0.220 e. The largest absolute Gasteiger partial charge is 0.383 e. The number of amides is 1. The second-order valence-electron chi connectivity index (χ2n) is 3.91. The van der Waals surface area contributed by atoms with Gasteiger partial charge in [0.15, 0.2) is 0 Å². The summed E-state index contributed by atoms with van der Waals surface area (Å²) in [5.41, 5.74) is 1.19. The summed E-state index contributed by atoms with van der Waals surface area (Å²) in [6.45, 7) is 2.49. The number of rotatable bonds is 6. The summed E-state index contributed by atoms with van der Waals surface area (Å²) in [5.74, 6) is 0.0772. The Bertz CT molecular complexity index is 311.